The third-order valence-electron chi connectivity index (χ3n) is 11.4. The third-order valence-corrected chi connectivity index (χ3v) is 11.4. The van der Waals surface area contributed by atoms with Gasteiger partial charge in [-0.15, -0.1) is 0 Å². The Bertz CT molecular complexity index is 3610. The molecule has 280 valence electrons. The Morgan fingerprint density at radius 1 is 0.367 bits per heavy atom. The van der Waals surface area contributed by atoms with Gasteiger partial charge in [-0.3, -0.25) is 0 Å². The van der Waals surface area contributed by atoms with E-state index in [-0.39, 0.29) is 0 Å². The number of rotatable bonds is 6. The maximum Gasteiger partial charge on any atom is 0.227 e. The van der Waals surface area contributed by atoms with Crippen LogP contribution in [0.1, 0.15) is 0 Å². The van der Waals surface area contributed by atoms with E-state index in [0.717, 1.165) is 82.7 Å². The normalized spacial score (nSPS) is 11.7. The molecule has 3 aromatic heterocycles. The third kappa shape index (κ3) is 5.65. The number of nitrogens with zero attached hydrogens (tertiary/aromatic N) is 5. The van der Waals surface area contributed by atoms with E-state index in [9.17, 15) is 0 Å². The van der Waals surface area contributed by atoms with Gasteiger partial charge in [0, 0.05) is 44.1 Å². The molecule has 0 saturated carbocycles. The van der Waals surface area contributed by atoms with Crippen LogP contribution in [0.3, 0.4) is 0 Å². The lowest BCUT2D eigenvalue weighted by molar-refractivity contribution is 0.623. The fraction of sp³-hybridized carbons (Fsp3) is 0. The van der Waals surface area contributed by atoms with Crippen LogP contribution in [0, 0.1) is 0 Å². The minimum absolute atomic E-state index is 0.588. The monoisotopic (exact) mass is 767 g/mol. The second kappa shape index (κ2) is 13.7. The molecule has 0 aliphatic rings. The lowest BCUT2D eigenvalue weighted by atomic mass is 9.96. The van der Waals surface area contributed by atoms with Gasteiger partial charge in [0.25, 0.3) is 0 Å². The average molecular weight is 768 g/mol. The van der Waals surface area contributed by atoms with Crippen LogP contribution in [0.25, 0.3) is 117 Å². The van der Waals surface area contributed by atoms with Crippen molar-refractivity contribution in [3.05, 3.63) is 200 Å². The molecule has 0 aliphatic carbocycles. The van der Waals surface area contributed by atoms with E-state index in [1.807, 2.05) is 36.4 Å². The van der Waals surface area contributed by atoms with Crippen LogP contribution in [0.5, 0.6) is 0 Å². The SMILES string of the molecule is c1ccc(-c2nc3ccc4cccc(-c5cccc(-c6nc(-c7ccc8ccccc8c7)nc(-c7ccc8c9ccccc9n(-c9ccccc9)c8c7)n6)c5)c4c3o2)cc1. The van der Waals surface area contributed by atoms with Gasteiger partial charge in [-0.1, -0.05) is 146 Å². The molecular formula is C54H33N5O. The van der Waals surface area contributed by atoms with Crippen LogP contribution in [-0.4, -0.2) is 24.5 Å². The first kappa shape index (κ1) is 33.9. The predicted molar refractivity (Wildman–Crippen MR) is 244 cm³/mol. The smallest absolute Gasteiger partial charge is 0.227 e. The van der Waals surface area contributed by atoms with Gasteiger partial charge in [0.05, 0.1) is 11.0 Å². The van der Waals surface area contributed by atoms with Crippen molar-refractivity contribution >= 4 is 54.5 Å². The zero-order valence-corrected chi connectivity index (χ0v) is 32.2. The summed E-state index contributed by atoms with van der Waals surface area (Å²) in [6.07, 6.45) is 0. The van der Waals surface area contributed by atoms with Gasteiger partial charge in [0.2, 0.25) is 5.89 Å². The van der Waals surface area contributed by atoms with Crippen molar-refractivity contribution in [1.29, 1.82) is 0 Å². The summed E-state index contributed by atoms with van der Waals surface area (Å²) in [6.45, 7) is 0. The topological polar surface area (TPSA) is 69.6 Å². The lowest BCUT2D eigenvalue weighted by Gasteiger charge is -2.12. The first-order valence-corrected chi connectivity index (χ1v) is 20.0. The lowest BCUT2D eigenvalue weighted by Crippen LogP contribution is -2.01. The predicted octanol–water partition coefficient (Wildman–Crippen LogP) is 13.8. The van der Waals surface area contributed by atoms with E-state index in [4.69, 9.17) is 24.4 Å². The molecule has 9 aromatic carbocycles. The van der Waals surface area contributed by atoms with Gasteiger partial charge in [0.1, 0.15) is 5.52 Å². The average Bonchev–Trinajstić information content (AvgIpc) is 3.91. The van der Waals surface area contributed by atoms with Crippen molar-refractivity contribution in [3.8, 4) is 62.4 Å². The van der Waals surface area contributed by atoms with Crippen molar-refractivity contribution in [3.63, 3.8) is 0 Å². The van der Waals surface area contributed by atoms with E-state index >= 15 is 0 Å². The van der Waals surface area contributed by atoms with Gasteiger partial charge >= 0.3 is 0 Å². The fourth-order valence-electron chi connectivity index (χ4n) is 8.58. The number of fused-ring (bicyclic) bond motifs is 7. The molecule has 0 N–H and O–H groups in total. The quantitative estimate of drug-likeness (QED) is 0.168. The first-order chi connectivity index (χ1) is 29.7. The highest BCUT2D eigenvalue weighted by Gasteiger charge is 2.19. The summed E-state index contributed by atoms with van der Waals surface area (Å²) in [4.78, 5) is 20.5. The van der Waals surface area contributed by atoms with Crippen molar-refractivity contribution < 1.29 is 4.42 Å². The Hall–Kier alpha value is -8.22. The Morgan fingerprint density at radius 2 is 0.967 bits per heavy atom. The van der Waals surface area contributed by atoms with Crippen LogP contribution in [0.2, 0.25) is 0 Å². The number of hydrogen-bond donors (Lipinski definition) is 0. The summed E-state index contributed by atoms with van der Waals surface area (Å²) in [6, 6.07) is 69.4. The van der Waals surface area contributed by atoms with Gasteiger partial charge in [-0.05, 0) is 81.9 Å². The molecular weight excluding hydrogens is 735 g/mol. The summed E-state index contributed by atoms with van der Waals surface area (Å²) in [5.74, 6) is 2.40. The summed E-state index contributed by atoms with van der Waals surface area (Å²) in [5, 5.41) is 6.73. The number of hydrogen-bond acceptors (Lipinski definition) is 5. The standard InChI is InChI=1S/C54H33N5O/c1-3-14-36(15-4-1)54-55-46-30-28-35-17-12-23-43(49(35)50(46)60-54)38-18-11-19-39(32-38)51-56-52(40-26-25-34-13-7-8-16-37(34)31-40)58-53(57-51)41-27-29-45-44-22-9-10-24-47(44)59(48(45)33-41)42-20-5-2-6-21-42/h1-33H. The molecule has 6 nitrogen and oxygen atoms in total. The first-order valence-electron chi connectivity index (χ1n) is 20.0. The minimum Gasteiger partial charge on any atom is -0.435 e. The van der Waals surface area contributed by atoms with Crippen LogP contribution < -0.4 is 0 Å². The van der Waals surface area contributed by atoms with Gasteiger partial charge < -0.3 is 8.98 Å². The van der Waals surface area contributed by atoms with Crippen molar-refractivity contribution in [2.24, 2.45) is 0 Å². The van der Waals surface area contributed by atoms with Gasteiger partial charge in [-0.25, -0.2) is 19.9 Å². The maximum absolute atomic E-state index is 6.54. The molecule has 12 aromatic rings. The van der Waals surface area contributed by atoms with E-state index < -0.39 is 0 Å². The molecule has 0 atom stereocenters. The summed E-state index contributed by atoms with van der Waals surface area (Å²) in [7, 11) is 0. The molecule has 0 saturated heterocycles. The summed E-state index contributed by atoms with van der Waals surface area (Å²) < 4.78 is 8.87. The fourth-order valence-corrected chi connectivity index (χ4v) is 8.58. The van der Waals surface area contributed by atoms with Crippen LogP contribution in [0.4, 0.5) is 0 Å². The van der Waals surface area contributed by atoms with Crippen molar-refractivity contribution in [2.75, 3.05) is 0 Å². The van der Waals surface area contributed by atoms with Crippen LogP contribution >= 0.6 is 0 Å². The zero-order valence-electron chi connectivity index (χ0n) is 32.2. The highest BCUT2D eigenvalue weighted by molar-refractivity contribution is 6.12. The Kier molecular flexibility index (Phi) is 7.74. The Balaban J connectivity index is 1.05. The van der Waals surface area contributed by atoms with Gasteiger partial charge in [0.15, 0.2) is 23.1 Å². The van der Waals surface area contributed by atoms with Crippen molar-refractivity contribution in [2.45, 2.75) is 0 Å². The van der Waals surface area contributed by atoms with Crippen molar-refractivity contribution in [1.82, 2.24) is 24.5 Å². The summed E-state index contributed by atoms with van der Waals surface area (Å²) in [5.41, 5.74) is 10.6. The molecule has 0 aliphatic heterocycles. The second-order valence-electron chi connectivity index (χ2n) is 15.1. The molecule has 0 fully saturated rings. The molecule has 0 radical (unpaired) electrons. The Morgan fingerprint density at radius 3 is 1.80 bits per heavy atom. The number of aromatic nitrogens is 5. The van der Waals surface area contributed by atoms with Gasteiger partial charge in [-0.2, -0.15) is 0 Å². The van der Waals surface area contributed by atoms with E-state index in [0.29, 0.717) is 23.4 Å². The number of para-hydroxylation sites is 2. The minimum atomic E-state index is 0.588. The van der Waals surface area contributed by atoms with E-state index in [1.165, 1.54) is 10.8 Å². The molecule has 6 heteroatoms. The number of oxazole rings is 1. The maximum atomic E-state index is 6.54. The van der Waals surface area contributed by atoms with E-state index in [1.54, 1.807) is 0 Å². The molecule has 60 heavy (non-hydrogen) atoms. The Labute approximate surface area is 344 Å². The van der Waals surface area contributed by atoms with E-state index in [2.05, 4.69) is 168 Å². The van der Waals surface area contributed by atoms with Crippen LogP contribution in [-0.2, 0) is 0 Å². The summed E-state index contributed by atoms with van der Waals surface area (Å²) >= 11 is 0. The molecule has 3 heterocycles. The van der Waals surface area contributed by atoms with Crippen LogP contribution in [0.15, 0.2) is 205 Å². The second-order valence-corrected chi connectivity index (χ2v) is 15.1. The number of benzene rings is 9. The molecule has 0 bridgehead atoms. The molecule has 0 unspecified atom stereocenters. The highest BCUT2D eigenvalue weighted by atomic mass is 16.3. The molecule has 0 amide bonds. The molecule has 0 spiro atoms. The highest BCUT2D eigenvalue weighted by Crippen LogP contribution is 2.39. The molecule has 12 rings (SSSR count). The largest absolute Gasteiger partial charge is 0.435 e. The zero-order chi connectivity index (χ0) is 39.6.